The Bertz CT molecular complexity index is 1490. The van der Waals surface area contributed by atoms with Crippen LogP contribution in [0.4, 0.5) is 5.69 Å². The van der Waals surface area contributed by atoms with Gasteiger partial charge in [0.1, 0.15) is 11.4 Å². The number of benzene rings is 2. The van der Waals surface area contributed by atoms with E-state index in [-0.39, 0.29) is 22.7 Å². The number of nitrogens with one attached hydrogen (secondary N) is 2. The number of rotatable bonds is 5. The Kier molecular flexibility index (Phi) is 6.07. The highest BCUT2D eigenvalue weighted by atomic mass is 32.2. The van der Waals surface area contributed by atoms with E-state index in [1.807, 2.05) is 25.1 Å². The molecule has 2 aromatic carbocycles. The van der Waals surface area contributed by atoms with Crippen molar-refractivity contribution in [1.29, 1.82) is 0 Å². The highest BCUT2D eigenvalue weighted by molar-refractivity contribution is 7.97. The van der Waals surface area contributed by atoms with Crippen molar-refractivity contribution in [3.8, 4) is 5.75 Å². The lowest BCUT2D eigenvalue weighted by molar-refractivity contribution is -0.169. The van der Waals surface area contributed by atoms with E-state index in [0.29, 0.717) is 17.0 Å². The van der Waals surface area contributed by atoms with E-state index in [2.05, 4.69) is 40.4 Å². The SMILES string of the molecule is Cc1cc(SN2CCN(C)CC2)[nH]c1C(=O)NC12C(=O)c3c(N)cccc3C1(O)Oc1cc(C(C)C)ccc12. The molecule has 1 aliphatic carbocycles. The number of ether oxygens (including phenoxy) is 1. The Balaban J connectivity index is 1.39. The predicted molar refractivity (Wildman–Crippen MR) is 150 cm³/mol. The van der Waals surface area contributed by atoms with E-state index in [1.165, 1.54) is 0 Å². The molecular formula is C29H33N5O4S. The maximum absolute atomic E-state index is 14.2. The Morgan fingerprint density at radius 2 is 1.90 bits per heavy atom. The van der Waals surface area contributed by atoms with Gasteiger partial charge >= 0.3 is 0 Å². The highest BCUT2D eigenvalue weighted by Crippen LogP contribution is 2.59. The number of aliphatic hydroxyl groups is 1. The maximum Gasteiger partial charge on any atom is 0.271 e. The number of amides is 1. The molecule has 0 bridgehead atoms. The number of aryl methyl sites for hydroxylation is 1. The fourth-order valence-corrected chi connectivity index (χ4v) is 6.81. The Morgan fingerprint density at radius 3 is 2.62 bits per heavy atom. The number of fused-ring (bicyclic) bond motifs is 5. The molecule has 10 heteroatoms. The molecule has 2 unspecified atom stereocenters. The molecule has 1 fully saturated rings. The number of hydrogen-bond acceptors (Lipinski definition) is 8. The highest BCUT2D eigenvalue weighted by Gasteiger charge is 2.72. The summed E-state index contributed by atoms with van der Waals surface area (Å²) in [6.45, 7) is 9.73. The topological polar surface area (TPSA) is 124 Å². The van der Waals surface area contributed by atoms with Gasteiger partial charge in [-0.2, -0.15) is 0 Å². The normalized spacial score (nSPS) is 24.4. The summed E-state index contributed by atoms with van der Waals surface area (Å²) in [5.74, 6) is -2.60. The minimum Gasteiger partial charge on any atom is -0.454 e. The standard InChI is InChI=1S/C29H33N5O4S/c1-16(2)18-8-9-19-22(15-18)38-29(37)20-6-5-7-21(30)24(20)26(35)28(19,29)32-27(36)25-17(3)14-23(31-25)39-34-12-10-33(4)11-13-34/h5-9,14-16,31,37H,10-13,30H2,1-4H3,(H,32,36). The van der Waals surface area contributed by atoms with Crippen LogP contribution in [0.15, 0.2) is 47.5 Å². The average molecular weight is 548 g/mol. The van der Waals surface area contributed by atoms with Crippen molar-refractivity contribution in [3.63, 3.8) is 0 Å². The molecule has 2 atom stereocenters. The number of Topliss-reactive ketones (excluding diaryl/α,β-unsaturated/α-hetero) is 1. The molecule has 39 heavy (non-hydrogen) atoms. The lowest BCUT2D eigenvalue weighted by atomic mass is 9.82. The van der Waals surface area contributed by atoms with Crippen LogP contribution in [0.2, 0.25) is 0 Å². The molecule has 0 spiro atoms. The van der Waals surface area contributed by atoms with E-state index in [9.17, 15) is 14.7 Å². The Morgan fingerprint density at radius 1 is 1.15 bits per heavy atom. The Labute approximate surface area is 231 Å². The summed E-state index contributed by atoms with van der Waals surface area (Å²) in [5, 5.41) is 15.9. The number of H-pyrrole nitrogens is 1. The summed E-state index contributed by atoms with van der Waals surface area (Å²) in [4.78, 5) is 33.6. The van der Waals surface area contributed by atoms with Crippen molar-refractivity contribution < 1.29 is 19.4 Å². The summed E-state index contributed by atoms with van der Waals surface area (Å²) in [7, 11) is 2.11. The third-order valence-electron chi connectivity index (χ3n) is 8.08. The fourth-order valence-electron chi connectivity index (χ4n) is 5.81. The summed E-state index contributed by atoms with van der Waals surface area (Å²) < 4.78 is 8.45. The van der Waals surface area contributed by atoms with Gasteiger partial charge in [-0.25, -0.2) is 4.31 Å². The number of anilines is 1. The van der Waals surface area contributed by atoms with Crippen LogP contribution in [0, 0.1) is 6.92 Å². The summed E-state index contributed by atoms with van der Waals surface area (Å²) in [6.07, 6.45) is 0. The molecule has 3 aliphatic rings. The number of carbonyl (C=O) groups excluding carboxylic acids is 2. The first kappa shape index (κ1) is 25.9. The zero-order valence-corrected chi connectivity index (χ0v) is 23.3. The predicted octanol–water partition coefficient (Wildman–Crippen LogP) is 3.34. The summed E-state index contributed by atoms with van der Waals surface area (Å²) >= 11 is 1.58. The second-order valence-electron chi connectivity index (χ2n) is 11.0. The third kappa shape index (κ3) is 3.81. The number of piperazine rings is 1. The number of nitrogens with zero attached hydrogens (tertiary/aromatic N) is 2. The molecule has 204 valence electrons. The number of aromatic nitrogens is 1. The zero-order chi connectivity index (χ0) is 27.7. The van der Waals surface area contributed by atoms with Crippen LogP contribution in [-0.4, -0.2) is 64.2 Å². The van der Waals surface area contributed by atoms with Gasteiger partial charge in [-0.05, 0) is 61.2 Å². The minimum absolute atomic E-state index is 0.161. The van der Waals surface area contributed by atoms with E-state index in [1.54, 1.807) is 36.2 Å². The molecule has 1 aromatic heterocycles. The van der Waals surface area contributed by atoms with E-state index < -0.39 is 23.0 Å². The lowest BCUT2D eigenvalue weighted by Gasteiger charge is -2.34. The molecule has 6 rings (SSSR count). The van der Waals surface area contributed by atoms with Gasteiger partial charge in [0, 0.05) is 43.0 Å². The third-order valence-corrected chi connectivity index (χ3v) is 9.12. The van der Waals surface area contributed by atoms with Crippen molar-refractivity contribution in [1.82, 2.24) is 19.5 Å². The number of ketones is 1. The van der Waals surface area contributed by atoms with Gasteiger partial charge < -0.3 is 30.8 Å². The van der Waals surface area contributed by atoms with Crippen LogP contribution in [-0.2, 0) is 11.3 Å². The molecule has 9 nitrogen and oxygen atoms in total. The van der Waals surface area contributed by atoms with Crippen molar-refractivity contribution in [2.24, 2.45) is 0 Å². The number of nitrogen functional groups attached to an aromatic ring is 1. The van der Waals surface area contributed by atoms with Gasteiger partial charge in [0.15, 0.2) is 0 Å². The van der Waals surface area contributed by atoms with Crippen molar-refractivity contribution >= 4 is 29.3 Å². The monoisotopic (exact) mass is 547 g/mol. The molecular weight excluding hydrogens is 514 g/mol. The summed E-state index contributed by atoms with van der Waals surface area (Å²) in [6, 6.07) is 12.3. The van der Waals surface area contributed by atoms with Crippen molar-refractivity contribution in [2.75, 3.05) is 39.0 Å². The van der Waals surface area contributed by atoms with Crippen LogP contribution in [0.25, 0.3) is 0 Å². The first-order chi connectivity index (χ1) is 18.5. The first-order valence-corrected chi connectivity index (χ1v) is 14.0. The maximum atomic E-state index is 14.2. The average Bonchev–Trinajstić information content (AvgIpc) is 3.45. The van der Waals surface area contributed by atoms with Crippen LogP contribution in [0.1, 0.15) is 62.9 Å². The fraction of sp³-hybridized carbons (Fsp3) is 0.379. The first-order valence-electron chi connectivity index (χ1n) is 13.2. The zero-order valence-electron chi connectivity index (χ0n) is 22.5. The van der Waals surface area contributed by atoms with Crippen molar-refractivity contribution in [2.45, 2.75) is 43.0 Å². The molecule has 0 saturated carbocycles. The minimum atomic E-state index is -2.15. The number of hydrogen-bond donors (Lipinski definition) is 4. The van der Waals surface area contributed by atoms with Gasteiger partial charge in [-0.3, -0.25) is 9.59 Å². The molecule has 1 amide bonds. The molecule has 1 saturated heterocycles. The molecule has 3 heterocycles. The molecule has 2 aliphatic heterocycles. The van der Waals surface area contributed by atoms with Crippen molar-refractivity contribution in [3.05, 3.63) is 76.0 Å². The van der Waals surface area contributed by atoms with Gasteiger partial charge in [0.05, 0.1) is 10.6 Å². The van der Waals surface area contributed by atoms with Crippen LogP contribution in [0.3, 0.4) is 0 Å². The van der Waals surface area contributed by atoms with E-state index >= 15 is 0 Å². The molecule has 0 radical (unpaired) electrons. The number of nitrogens with two attached hydrogens (primary N) is 1. The number of aromatic amines is 1. The van der Waals surface area contributed by atoms with Gasteiger partial charge in [0.25, 0.3) is 11.7 Å². The quantitative estimate of drug-likeness (QED) is 0.283. The Hall–Kier alpha value is -3.31. The van der Waals surface area contributed by atoms with Gasteiger partial charge in [-0.15, -0.1) is 0 Å². The largest absolute Gasteiger partial charge is 0.454 e. The van der Waals surface area contributed by atoms with Crippen LogP contribution >= 0.6 is 11.9 Å². The second-order valence-corrected chi connectivity index (χ2v) is 12.1. The number of carbonyl (C=O) groups is 2. The van der Waals surface area contributed by atoms with Gasteiger partial charge in [0.2, 0.25) is 11.3 Å². The van der Waals surface area contributed by atoms with Gasteiger partial charge in [-0.1, -0.05) is 38.1 Å². The molecule has 3 aromatic rings. The smallest absolute Gasteiger partial charge is 0.271 e. The van der Waals surface area contributed by atoms with Crippen LogP contribution < -0.4 is 15.8 Å². The lowest BCUT2D eigenvalue weighted by Crippen LogP contribution is -2.60. The molecule has 5 N–H and O–H groups in total. The second kappa shape index (κ2) is 9.12. The number of likely N-dealkylation sites (N-methyl/N-ethyl adjacent to an activating group) is 1. The van der Waals surface area contributed by atoms with Crippen LogP contribution in [0.5, 0.6) is 5.75 Å². The van der Waals surface area contributed by atoms with E-state index in [0.717, 1.165) is 42.3 Å². The summed E-state index contributed by atoms with van der Waals surface area (Å²) in [5.41, 5.74) is 7.40. The van der Waals surface area contributed by atoms with E-state index in [4.69, 9.17) is 10.5 Å².